The molecule has 1 aliphatic heterocycles. The number of nitrogens with one attached hydrogen (secondary N) is 1. The van der Waals surface area contributed by atoms with Crippen LogP contribution in [0.1, 0.15) is 29.2 Å². The Bertz CT molecular complexity index is 1640. The Balaban J connectivity index is 1.33. The average molecular weight is 470 g/mol. The molecule has 2 aromatic carbocycles. The Kier molecular flexibility index (Phi) is 5.02. The van der Waals surface area contributed by atoms with Crippen LogP contribution in [0.4, 0.5) is 4.39 Å². The van der Waals surface area contributed by atoms with E-state index < -0.39 is 5.82 Å². The highest BCUT2D eigenvalue weighted by Crippen LogP contribution is 2.30. The van der Waals surface area contributed by atoms with Gasteiger partial charge in [0.15, 0.2) is 0 Å². The van der Waals surface area contributed by atoms with Crippen LogP contribution in [0.3, 0.4) is 0 Å². The van der Waals surface area contributed by atoms with Gasteiger partial charge in [0.1, 0.15) is 5.82 Å². The second-order valence-electron chi connectivity index (χ2n) is 9.06. The molecule has 35 heavy (non-hydrogen) atoms. The predicted molar refractivity (Wildman–Crippen MR) is 133 cm³/mol. The molecular formula is C27H24FN5O2. The molecule has 0 aliphatic carbocycles. The van der Waals surface area contributed by atoms with Gasteiger partial charge in [-0.05, 0) is 61.4 Å². The molecule has 0 spiro atoms. The molecule has 4 heterocycles. The summed E-state index contributed by atoms with van der Waals surface area (Å²) in [4.78, 5) is 35.7. The van der Waals surface area contributed by atoms with Crippen LogP contribution in [-0.4, -0.2) is 43.0 Å². The number of para-hydroxylation sites is 2. The molecule has 7 nitrogen and oxygen atoms in total. The van der Waals surface area contributed by atoms with Crippen molar-refractivity contribution >= 4 is 27.8 Å². The lowest BCUT2D eigenvalue weighted by Gasteiger charge is -2.33. The Labute approximate surface area is 200 Å². The standard InChI is InChI=1S/C27H24FN5O2/c1-31-12-4-7-24(31)23-16-20(19-15-17(28)8-9-21(19)29-23)26(34)32-13-10-18(11-14-32)33-25-6-3-2-5-22(25)30-27(33)35/h2-9,12,15-16,18H,10-11,13-14H2,1H3,(H,30,35). The largest absolute Gasteiger partial charge is 0.349 e. The molecule has 1 fully saturated rings. The molecule has 8 heteroatoms. The molecular weight excluding hydrogens is 445 g/mol. The van der Waals surface area contributed by atoms with Gasteiger partial charge < -0.3 is 14.5 Å². The Morgan fingerprint density at radius 2 is 1.86 bits per heavy atom. The van der Waals surface area contributed by atoms with E-state index in [2.05, 4.69) is 4.98 Å². The summed E-state index contributed by atoms with van der Waals surface area (Å²) in [7, 11) is 1.92. The van der Waals surface area contributed by atoms with Crippen LogP contribution >= 0.6 is 0 Å². The van der Waals surface area contributed by atoms with Gasteiger partial charge in [-0.2, -0.15) is 0 Å². The monoisotopic (exact) mass is 469 g/mol. The van der Waals surface area contributed by atoms with Gasteiger partial charge in [0.05, 0.1) is 33.5 Å². The second-order valence-corrected chi connectivity index (χ2v) is 9.06. The van der Waals surface area contributed by atoms with Gasteiger partial charge >= 0.3 is 5.69 Å². The number of imidazole rings is 1. The summed E-state index contributed by atoms with van der Waals surface area (Å²) in [6, 6.07) is 17.6. The number of halogens is 1. The predicted octanol–water partition coefficient (Wildman–Crippen LogP) is 4.50. The van der Waals surface area contributed by atoms with Crippen molar-refractivity contribution in [3.63, 3.8) is 0 Å². The lowest BCUT2D eigenvalue weighted by molar-refractivity contribution is 0.0697. The van der Waals surface area contributed by atoms with Crippen molar-refractivity contribution in [2.24, 2.45) is 7.05 Å². The number of benzene rings is 2. The lowest BCUT2D eigenvalue weighted by Crippen LogP contribution is -2.40. The van der Waals surface area contributed by atoms with Gasteiger partial charge in [0, 0.05) is 37.8 Å². The van der Waals surface area contributed by atoms with E-state index in [4.69, 9.17) is 4.98 Å². The first-order valence-corrected chi connectivity index (χ1v) is 11.7. The van der Waals surface area contributed by atoms with E-state index in [1.165, 1.54) is 12.1 Å². The third-order valence-corrected chi connectivity index (χ3v) is 6.95. The highest BCUT2D eigenvalue weighted by atomic mass is 19.1. The van der Waals surface area contributed by atoms with Gasteiger partial charge in [-0.25, -0.2) is 14.2 Å². The molecule has 1 saturated heterocycles. The maximum atomic E-state index is 14.1. The van der Waals surface area contributed by atoms with Gasteiger partial charge in [-0.3, -0.25) is 9.36 Å². The second kappa shape index (κ2) is 8.23. The molecule has 0 radical (unpaired) electrons. The van der Waals surface area contributed by atoms with Crippen LogP contribution in [0.2, 0.25) is 0 Å². The number of hydrogen-bond acceptors (Lipinski definition) is 3. The van der Waals surface area contributed by atoms with Crippen LogP contribution in [-0.2, 0) is 7.05 Å². The molecule has 1 amide bonds. The van der Waals surface area contributed by atoms with Crippen molar-refractivity contribution < 1.29 is 9.18 Å². The van der Waals surface area contributed by atoms with Crippen molar-refractivity contribution in [2.45, 2.75) is 18.9 Å². The first-order chi connectivity index (χ1) is 17.0. The summed E-state index contributed by atoms with van der Waals surface area (Å²) in [6.45, 7) is 1.02. The van der Waals surface area contributed by atoms with Crippen molar-refractivity contribution in [3.8, 4) is 11.4 Å². The van der Waals surface area contributed by atoms with Crippen LogP contribution in [0.25, 0.3) is 33.3 Å². The third kappa shape index (κ3) is 3.62. The highest BCUT2D eigenvalue weighted by molar-refractivity contribution is 6.07. The quantitative estimate of drug-likeness (QED) is 0.423. The van der Waals surface area contributed by atoms with E-state index in [0.29, 0.717) is 48.1 Å². The third-order valence-electron chi connectivity index (χ3n) is 6.95. The van der Waals surface area contributed by atoms with E-state index in [9.17, 15) is 14.0 Å². The molecule has 0 saturated carbocycles. The van der Waals surface area contributed by atoms with E-state index >= 15 is 0 Å². The summed E-state index contributed by atoms with van der Waals surface area (Å²) in [5.74, 6) is -0.555. The molecule has 6 rings (SSSR count). The first kappa shape index (κ1) is 21.3. The van der Waals surface area contributed by atoms with Crippen molar-refractivity contribution in [1.29, 1.82) is 0 Å². The number of hydrogen-bond donors (Lipinski definition) is 1. The maximum absolute atomic E-state index is 14.1. The minimum Gasteiger partial charge on any atom is -0.349 e. The number of fused-ring (bicyclic) bond motifs is 2. The molecule has 5 aromatic rings. The number of likely N-dealkylation sites (tertiary alicyclic amines) is 1. The molecule has 3 aromatic heterocycles. The van der Waals surface area contributed by atoms with Gasteiger partial charge in [0.25, 0.3) is 5.91 Å². The number of piperidine rings is 1. The maximum Gasteiger partial charge on any atom is 0.326 e. The Hall–Kier alpha value is -4.20. The molecule has 1 aliphatic rings. The molecule has 0 unspecified atom stereocenters. The SMILES string of the molecule is Cn1cccc1-c1cc(C(=O)N2CCC(n3c(=O)[nH]c4ccccc43)CC2)c2cc(F)ccc2n1. The molecule has 1 N–H and O–H groups in total. The van der Waals surface area contributed by atoms with Gasteiger partial charge in [-0.15, -0.1) is 0 Å². The fraction of sp³-hybridized carbons (Fsp3) is 0.222. The summed E-state index contributed by atoms with van der Waals surface area (Å²) in [5.41, 5.74) is 4.13. The van der Waals surface area contributed by atoms with Crippen LogP contribution < -0.4 is 5.69 Å². The number of nitrogens with zero attached hydrogens (tertiary/aromatic N) is 4. The summed E-state index contributed by atoms with van der Waals surface area (Å²) < 4.78 is 17.9. The molecule has 0 bridgehead atoms. The van der Waals surface area contributed by atoms with Crippen molar-refractivity contribution in [3.05, 3.63) is 88.7 Å². The van der Waals surface area contributed by atoms with Gasteiger partial charge in [-0.1, -0.05) is 12.1 Å². The number of rotatable bonds is 3. The van der Waals surface area contributed by atoms with E-state index in [-0.39, 0.29) is 17.6 Å². The zero-order valence-corrected chi connectivity index (χ0v) is 19.2. The van der Waals surface area contributed by atoms with E-state index in [1.807, 2.05) is 58.8 Å². The Morgan fingerprint density at radius 3 is 2.63 bits per heavy atom. The number of aryl methyl sites for hydroxylation is 1. The zero-order valence-electron chi connectivity index (χ0n) is 19.2. The number of aromatic amines is 1. The number of amides is 1. The normalized spacial score (nSPS) is 14.7. The number of carbonyl (C=O) groups is 1. The number of carbonyl (C=O) groups excluding carboxylic acids is 1. The molecule has 0 atom stereocenters. The lowest BCUT2D eigenvalue weighted by atomic mass is 10.0. The van der Waals surface area contributed by atoms with E-state index in [0.717, 1.165) is 16.7 Å². The smallest absolute Gasteiger partial charge is 0.326 e. The van der Waals surface area contributed by atoms with Crippen LogP contribution in [0, 0.1) is 5.82 Å². The fourth-order valence-electron chi connectivity index (χ4n) is 5.17. The number of pyridine rings is 1. The van der Waals surface area contributed by atoms with Crippen LogP contribution in [0.5, 0.6) is 0 Å². The molecule has 176 valence electrons. The van der Waals surface area contributed by atoms with Gasteiger partial charge in [0.2, 0.25) is 0 Å². The summed E-state index contributed by atoms with van der Waals surface area (Å²) >= 11 is 0. The number of aromatic nitrogens is 4. The van der Waals surface area contributed by atoms with Crippen molar-refractivity contribution in [2.75, 3.05) is 13.1 Å². The van der Waals surface area contributed by atoms with Crippen LogP contribution in [0.15, 0.2) is 71.7 Å². The minimum atomic E-state index is -0.405. The van der Waals surface area contributed by atoms with Crippen molar-refractivity contribution in [1.82, 2.24) is 24.0 Å². The Morgan fingerprint density at radius 1 is 1.06 bits per heavy atom. The average Bonchev–Trinajstić information content (AvgIpc) is 3.45. The summed E-state index contributed by atoms with van der Waals surface area (Å²) in [6.07, 6.45) is 3.25. The highest BCUT2D eigenvalue weighted by Gasteiger charge is 2.28. The minimum absolute atomic E-state index is 0.00765. The number of H-pyrrole nitrogens is 1. The topological polar surface area (TPSA) is 75.9 Å². The zero-order chi connectivity index (χ0) is 24.1. The summed E-state index contributed by atoms with van der Waals surface area (Å²) in [5, 5.41) is 0.503. The fourth-order valence-corrected chi connectivity index (χ4v) is 5.17. The van der Waals surface area contributed by atoms with E-state index in [1.54, 1.807) is 17.0 Å². The first-order valence-electron chi connectivity index (χ1n) is 11.7.